The van der Waals surface area contributed by atoms with Gasteiger partial charge >= 0.3 is 0 Å². The van der Waals surface area contributed by atoms with Crippen molar-refractivity contribution in [1.29, 1.82) is 0 Å². The molecule has 0 aliphatic carbocycles. The monoisotopic (exact) mass is 191 g/mol. The molecule has 0 aliphatic rings. The van der Waals surface area contributed by atoms with Gasteiger partial charge in [-0.2, -0.15) is 0 Å². The standard InChI is InChI=1S/C9H21NO3/c1-8(7-13-3)9(11)6-10-4-5-12-2/h8-11H,4-7H2,1-3H3. The summed E-state index contributed by atoms with van der Waals surface area (Å²) >= 11 is 0. The number of aliphatic hydroxyl groups excluding tert-OH is 1. The quantitative estimate of drug-likeness (QED) is 0.525. The van der Waals surface area contributed by atoms with E-state index in [4.69, 9.17) is 9.47 Å². The van der Waals surface area contributed by atoms with Gasteiger partial charge in [-0.25, -0.2) is 0 Å². The van der Waals surface area contributed by atoms with Crippen LogP contribution >= 0.6 is 0 Å². The van der Waals surface area contributed by atoms with Crippen LogP contribution in [-0.4, -0.2) is 51.7 Å². The molecule has 0 aliphatic heterocycles. The van der Waals surface area contributed by atoms with Gasteiger partial charge < -0.3 is 19.9 Å². The number of rotatable bonds is 8. The van der Waals surface area contributed by atoms with Gasteiger partial charge in [0.2, 0.25) is 0 Å². The first-order valence-electron chi connectivity index (χ1n) is 4.59. The lowest BCUT2D eigenvalue weighted by Crippen LogP contribution is -2.34. The molecule has 2 N–H and O–H groups in total. The lowest BCUT2D eigenvalue weighted by Gasteiger charge is -2.18. The van der Waals surface area contributed by atoms with Crippen LogP contribution in [0.1, 0.15) is 6.92 Å². The van der Waals surface area contributed by atoms with Crippen molar-refractivity contribution in [1.82, 2.24) is 5.32 Å². The molecule has 80 valence electrons. The minimum absolute atomic E-state index is 0.167. The van der Waals surface area contributed by atoms with Gasteiger partial charge in [0.15, 0.2) is 0 Å². The van der Waals surface area contributed by atoms with E-state index in [0.717, 1.165) is 6.54 Å². The molecule has 0 saturated carbocycles. The van der Waals surface area contributed by atoms with E-state index in [0.29, 0.717) is 19.8 Å². The van der Waals surface area contributed by atoms with Crippen molar-refractivity contribution in [3.63, 3.8) is 0 Å². The molecule has 0 heterocycles. The normalized spacial score (nSPS) is 15.7. The van der Waals surface area contributed by atoms with Gasteiger partial charge in [-0.1, -0.05) is 6.92 Å². The van der Waals surface area contributed by atoms with E-state index in [1.807, 2.05) is 6.92 Å². The highest BCUT2D eigenvalue weighted by atomic mass is 16.5. The fraction of sp³-hybridized carbons (Fsp3) is 1.00. The van der Waals surface area contributed by atoms with E-state index in [-0.39, 0.29) is 12.0 Å². The van der Waals surface area contributed by atoms with Crippen LogP contribution in [0.15, 0.2) is 0 Å². The van der Waals surface area contributed by atoms with Gasteiger partial charge in [-0.3, -0.25) is 0 Å². The summed E-state index contributed by atoms with van der Waals surface area (Å²) in [4.78, 5) is 0. The van der Waals surface area contributed by atoms with Crippen LogP contribution in [0.3, 0.4) is 0 Å². The Morgan fingerprint density at radius 1 is 1.31 bits per heavy atom. The molecule has 0 amide bonds. The van der Waals surface area contributed by atoms with Crippen molar-refractivity contribution in [2.75, 3.05) is 40.5 Å². The topological polar surface area (TPSA) is 50.7 Å². The van der Waals surface area contributed by atoms with E-state index < -0.39 is 0 Å². The molecule has 0 aromatic heterocycles. The van der Waals surface area contributed by atoms with Crippen LogP contribution in [0.2, 0.25) is 0 Å². The first kappa shape index (κ1) is 12.8. The van der Waals surface area contributed by atoms with Crippen molar-refractivity contribution in [3.8, 4) is 0 Å². The summed E-state index contributed by atoms with van der Waals surface area (Å²) in [6.07, 6.45) is -0.350. The minimum Gasteiger partial charge on any atom is -0.391 e. The van der Waals surface area contributed by atoms with Gasteiger partial charge in [0.05, 0.1) is 19.3 Å². The molecule has 0 aromatic rings. The first-order valence-corrected chi connectivity index (χ1v) is 4.59. The maximum absolute atomic E-state index is 9.56. The third-order valence-corrected chi connectivity index (χ3v) is 1.92. The van der Waals surface area contributed by atoms with Gasteiger partial charge in [-0.05, 0) is 0 Å². The van der Waals surface area contributed by atoms with Crippen molar-refractivity contribution >= 4 is 0 Å². The molecule has 13 heavy (non-hydrogen) atoms. The summed E-state index contributed by atoms with van der Waals surface area (Å²) in [7, 11) is 3.30. The Bertz CT molecular complexity index is 111. The molecule has 0 bridgehead atoms. The Hall–Kier alpha value is -0.160. The zero-order valence-corrected chi connectivity index (χ0v) is 8.75. The van der Waals surface area contributed by atoms with E-state index in [9.17, 15) is 5.11 Å². The van der Waals surface area contributed by atoms with Crippen LogP contribution in [0.25, 0.3) is 0 Å². The molecule has 2 unspecified atom stereocenters. The molecule has 0 fully saturated rings. The molecule has 0 radical (unpaired) electrons. The van der Waals surface area contributed by atoms with E-state index in [2.05, 4.69) is 5.32 Å². The molecule has 0 spiro atoms. The summed E-state index contributed by atoms with van der Waals surface area (Å²) in [5.74, 6) is 0.167. The number of aliphatic hydroxyl groups is 1. The number of hydrogen-bond acceptors (Lipinski definition) is 4. The lowest BCUT2D eigenvalue weighted by molar-refractivity contribution is 0.0560. The average Bonchev–Trinajstić information content (AvgIpc) is 2.12. The summed E-state index contributed by atoms with van der Waals surface area (Å²) in [5, 5.41) is 12.7. The third kappa shape index (κ3) is 6.95. The largest absolute Gasteiger partial charge is 0.391 e. The molecule has 0 saturated heterocycles. The fourth-order valence-electron chi connectivity index (χ4n) is 0.999. The smallest absolute Gasteiger partial charge is 0.0712 e. The molecular formula is C9H21NO3. The van der Waals surface area contributed by atoms with Gasteiger partial charge in [0.25, 0.3) is 0 Å². The predicted octanol–water partition coefficient (Wildman–Crippen LogP) is -0.134. The van der Waals surface area contributed by atoms with Gasteiger partial charge in [-0.15, -0.1) is 0 Å². The zero-order valence-electron chi connectivity index (χ0n) is 8.75. The number of methoxy groups -OCH3 is 2. The van der Waals surface area contributed by atoms with Crippen LogP contribution in [-0.2, 0) is 9.47 Å². The summed E-state index contributed by atoms with van der Waals surface area (Å²) in [5.41, 5.74) is 0. The highest BCUT2D eigenvalue weighted by molar-refractivity contribution is 4.66. The summed E-state index contributed by atoms with van der Waals surface area (Å²) in [6.45, 7) is 4.59. The molecule has 4 heteroatoms. The lowest BCUT2D eigenvalue weighted by atomic mass is 10.1. The second-order valence-corrected chi connectivity index (χ2v) is 3.20. The average molecular weight is 191 g/mol. The second kappa shape index (κ2) is 8.44. The highest BCUT2D eigenvalue weighted by Gasteiger charge is 2.12. The maximum atomic E-state index is 9.56. The highest BCUT2D eigenvalue weighted by Crippen LogP contribution is 2.01. The van der Waals surface area contributed by atoms with Gasteiger partial charge in [0.1, 0.15) is 0 Å². The van der Waals surface area contributed by atoms with Crippen LogP contribution in [0.4, 0.5) is 0 Å². The zero-order chi connectivity index (χ0) is 10.1. The fourth-order valence-corrected chi connectivity index (χ4v) is 0.999. The number of nitrogens with one attached hydrogen (secondary N) is 1. The Labute approximate surface area is 80.2 Å². The molecule has 4 nitrogen and oxygen atoms in total. The SMILES string of the molecule is COCCNCC(O)C(C)COC. The van der Waals surface area contributed by atoms with Crippen molar-refractivity contribution in [2.45, 2.75) is 13.0 Å². The molecule has 2 atom stereocenters. The van der Waals surface area contributed by atoms with Gasteiger partial charge in [0, 0.05) is 33.2 Å². The summed E-state index contributed by atoms with van der Waals surface area (Å²) < 4.78 is 9.80. The Balaban J connectivity index is 3.32. The Kier molecular flexibility index (Phi) is 8.33. The van der Waals surface area contributed by atoms with Crippen molar-refractivity contribution in [3.05, 3.63) is 0 Å². The van der Waals surface area contributed by atoms with E-state index in [1.54, 1.807) is 14.2 Å². The van der Waals surface area contributed by atoms with E-state index in [1.165, 1.54) is 0 Å². The predicted molar refractivity (Wildman–Crippen MR) is 51.8 cm³/mol. The third-order valence-electron chi connectivity index (χ3n) is 1.92. The van der Waals surface area contributed by atoms with E-state index >= 15 is 0 Å². The molecule has 0 rings (SSSR count). The van der Waals surface area contributed by atoms with Crippen LogP contribution < -0.4 is 5.32 Å². The maximum Gasteiger partial charge on any atom is 0.0712 e. The summed E-state index contributed by atoms with van der Waals surface area (Å²) in [6, 6.07) is 0. The second-order valence-electron chi connectivity index (χ2n) is 3.20. The van der Waals surface area contributed by atoms with Crippen LogP contribution in [0.5, 0.6) is 0 Å². The Morgan fingerprint density at radius 3 is 2.54 bits per heavy atom. The molecule has 0 aromatic carbocycles. The minimum atomic E-state index is -0.350. The first-order chi connectivity index (χ1) is 6.22. The molecular weight excluding hydrogens is 170 g/mol. The van der Waals surface area contributed by atoms with Crippen LogP contribution in [0, 0.1) is 5.92 Å². The Morgan fingerprint density at radius 2 is 2.00 bits per heavy atom. The van der Waals surface area contributed by atoms with Crippen molar-refractivity contribution in [2.24, 2.45) is 5.92 Å². The number of ether oxygens (including phenoxy) is 2. The van der Waals surface area contributed by atoms with Crippen molar-refractivity contribution < 1.29 is 14.6 Å². The number of hydrogen-bond donors (Lipinski definition) is 2.